The predicted octanol–water partition coefficient (Wildman–Crippen LogP) is 4.43. The van der Waals surface area contributed by atoms with Gasteiger partial charge in [0.25, 0.3) is 0 Å². The summed E-state index contributed by atoms with van der Waals surface area (Å²) in [5.41, 5.74) is -0.438. The molecule has 5 nitrogen and oxygen atoms in total. The normalized spacial score (nSPS) is 11.0. The Kier molecular flexibility index (Phi) is 6.20. The number of methoxy groups -OCH3 is 2. The van der Waals surface area contributed by atoms with Crippen molar-refractivity contribution in [1.82, 2.24) is 0 Å². The smallest absolute Gasteiger partial charge is 0.417 e. The molecule has 0 fully saturated rings. The Labute approximate surface area is 153 Å². The molecule has 2 aromatic carbocycles. The minimum Gasteiger partial charge on any atom is -0.497 e. The molecule has 0 unspecified atom stereocenters. The number of benzene rings is 2. The molecular weight excluding hydrogens is 373 g/mol. The van der Waals surface area contributed by atoms with Crippen LogP contribution in [0.4, 0.5) is 24.5 Å². The van der Waals surface area contributed by atoms with Crippen molar-refractivity contribution in [3.05, 3.63) is 47.0 Å². The molecule has 0 aliphatic heterocycles. The molecule has 0 saturated heterocycles. The van der Waals surface area contributed by atoms with Crippen LogP contribution < -0.4 is 20.1 Å². The molecule has 1 amide bonds. The number of carbonyl (C=O) groups excluding carboxylic acids is 1. The molecule has 0 aliphatic carbocycles. The fraction of sp³-hybridized carbons (Fsp3) is 0.235. The second-order valence-electron chi connectivity index (χ2n) is 5.16. The van der Waals surface area contributed by atoms with Crippen LogP contribution in [0.15, 0.2) is 36.4 Å². The summed E-state index contributed by atoms with van der Waals surface area (Å²) in [7, 11) is 2.94. The number of amides is 1. The van der Waals surface area contributed by atoms with E-state index in [1.54, 1.807) is 18.2 Å². The van der Waals surface area contributed by atoms with Crippen LogP contribution >= 0.6 is 11.6 Å². The molecule has 0 aliphatic rings. The number of anilines is 2. The number of alkyl halides is 3. The topological polar surface area (TPSA) is 59.6 Å². The van der Waals surface area contributed by atoms with E-state index in [1.165, 1.54) is 20.3 Å². The Hall–Kier alpha value is -2.61. The molecule has 0 spiro atoms. The van der Waals surface area contributed by atoms with Crippen molar-refractivity contribution in [3.8, 4) is 11.5 Å². The molecule has 0 radical (unpaired) electrons. The first-order valence-corrected chi connectivity index (χ1v) is 7.75. The summed E-state index contributed by atoms with van der Waals surface area (Å²) >= 11 is 5.56. The molecule has 0 saturated carbocycles. The third-order valence-corrected chi connectivity index (χ3v) is 3.74. The Morgan fingerprint density at radius 3 is 2.46 bits per heavy atom. The van der Waals surface area contributed by atoms with Gasteiger partial charge in [-0.1, -0.05) is 11.6 Å². The molecule has 2 N–H and O–H groups in total. The molecule has 2 rings (SSSR count). The van der Waals surface area contributed by atoms with Gasteiger partial charge in [-0.05, 0) is 30.3 Å². The highest BCUT2D eigenvalue weighted by atomic mass is 35.5. The van der Waals surface area contributed by atoms with Gasteiger partial charge in [0, 0.05) is 11.8 Å². The quantitative estimate of drug-likeness (QED) is 0.768. The lowest BCUT2D eigenvalue weighted by molar-refractivity contribution is -0.137. The summed E-state index contributed by atoms with van der Waals surface area (Å²) in [5, 5.41) is 4.83. The van der Waals surface area contributed by atoms with Crippen molar-refractivity contribution in [3.63, 3.8) is 0 Å². The minimum atomic E-state index is -4.58. The van der Waals surface area contributed by atoms with Crippen molar-refractivity contribution in [2.24, 2.45) is 0 Å². The molecule has 0 bridgehead atoms. The summed E-state index contributed by atoms with van der Waals surface area (Å²) < 4.78 is 48.8. The van der Waals surface area contributed by atoms with Gasteiger partial charge >= 0.3 is 6.18 Å². The van der Waals surface area contributed by atoms with Gasteiger partial charge in [0.2, 0.25) is 5.91 Å². The third kappa shape index (κ3) is 4.95. The van der Waals surface area contributed by atoms with Crippen LogP contribution in [0.3, 0.4) is 0 Å². The van der Waals surface area contributed by atoms with Crippen molar-refractivity contribution in [2.75, 3.05) is 31.4 Å². The highest BCUT2D eigenvalue weighted by Crippen LogP contribution is 2.36. The van der Waals surface area contributed by atoms with Gasteiger partial charge in [-0.3, -0.25) is 4.79 Å². The number of halogens is 4. The molecule has 26 heavy (non-hydrogen) atoms. The van der Waals surface area contributed by atoms with Crippen LogP contribution in [0.25, 0.3) is 0 Å². The maximum Gasteiger partial charge on any atom is 0.417 e. The van der Waals surface area contributed by atoms with E-state index in [-0.39, 0.29) is 12.2 Å². The molecule has 140 valence electrons. The van der Waals surface area contributed by atoms with Crippen LogP contribution in [0.1, 0.15) is 5.56 Å². The molecule has 2 aromatic rings. The Balaban J connectivity index is 2.04. The summed E-state index contributed by atoms with van der Waals surface area (Å²) in [4.78, 5) is 12.0. The molecular formula is C17H16ClF3N2O3. The van der Waals surface area contributed by atoms with E-state index in [0.717, 1.165) is 12.1 Å². The highest BCUT2D eigenvalue weighted by molar-refractivity contribution is 6.31. The van der Waals surface area contributed by atoms with Gasteiger partial charge in [0.15, 0.2) is 0 Å². The summed E-state index contributed by atoms with van der Waals surface area (Å²) in [5.74, 6) is 0.486. The van der Waals surface area contributed by atoms with Crippen LogP contribution in [0.2, 0.25) is 5.02 Å². The Morgan fingerprint density at radius 1 is 1.12 bits per heavy atom. The molecule has 0 heterocycles. The van der Waals surface area contributed by atoms with E-state index in [1.807, 2.05) is 0 Å². The van der Waals surface area contributed by atoms with Gasteiger partial charge in [-0.15, -0.1) is 0 Å². The predicted molar refractivity (Wildman–Crippen MR) is 93.1 cm³/mol. The van der Waals surface area contributed by atoms with Crippen molar-refractivity contribution in [2.45, 2.75) is 6.18 Å². The lowest BCUT2D eigenvalue weighted by Gasteiger charge is -2.14. The first-order chi connectivity index (χ1) is 12.2. The zero-order valence-corrected chi connectivity index (χ0v) is 14.7. The van der Waals surface area contributed by atoms with Gasteiger partial charge in [0.1, 0.15) is 11.5 Å². The number of ether oxygens (including phenoxy) is 2. The van der Waals surface area contributed by atoms with E-state index < -0.39 is 22.7 Å². The summed E-state index contributed by atoms with van der Waals surface area (Å²) in [6.07, 6.45) is -4.58. The summed E-state index contributed by atoms with van der Waals surface area (Å²) in [6, 6.07) is 8.16. The van der Waals surface area contributed by atoms with Crippen LogP contribution in [0, 0.1) is 0 Å². The van der Waals surface area contributed by atoms with E-state index in [4.69, 9.17) is 21.1 Å². The van der Waals surface area contributed by atoms with Crippen LogP contribution in [-0.4, -0.2) is 26.7 Å². The average molecular weight is 389 g/mol. The first-order valence-electron chi connectivity index (χ1n) is 7.37. The standard InChI is InChI=1S/C17H16ClF3N2O3/c1-25-11-4-6-14(15(8-11)26-2)23-16(24)9-22-10-3-5-13(18)12(7-10)17(19,20)21/h3-8,22H,9H2,1-2H3,(H,23,24). The van der Waals surface area contributed by atoms with Crippen molar-refractivity contribution >= 4 is 28.9 Å². The Morgan fingerprint density at radius 2 is 1.85 bits per heavy atom. The van der Waals surface area contributed by atoms with Crippen LogP contribution in [0.5, 0.6) is 11.5 Å². The lowest BCUT2D eigenvalue weighted by atomic mass is 10.2. The maximum absolute atomic E-state index is 12.8. The third-order valence-electron chi connectivity index (χ3n) is 3.41. The number of hydrogen-bond acceptors (Lipinski definition) is 4. The second kappa shape index (κ2) is 8.18. The average Bonchev–Trinajstić information content (AvgIpc) is 2.60. The van der Waals surface area contributed by atoms with Gasteiger partial charge in [-0.2, -0.15) is 13.2 Å². The fourth-order valence-corrected chi connectivity index (χ4v) is 2.36. The number of rotatable bonds is 6. The molecule has 0 aromatic heterocycles. The lowest BCUT2D eigenvalue weighted by Crippen LogP contribution is -2.22. The zero-order chi connectivity index (χ0) is 19.3. The van der Waals surface area contributed by atoms with Crippen molar-refractivity contribution in [1.29, 1.82) is 0 Å². The Bertz CT molecular complexity index is 797. The molecule has 0 atom stereocenters. The largest absolute Gasteiger partial charge is 0.497 e. The van der Waals surface area contributed by atoms with Gasteiger partial charge in [-0.25, -0.2) is 0 Å². The monoisotopic (exact) mass is 388 g/mol. The maximum atomic E-state index is 12.8. The SMILES string of the molecule is COc1ccc(NC(=O)CNc2ccc(Cl)c(C(F)(F)F)c2)c(OC)c1. The van der Waals surface area contributed by atoms with E-state index in [9.17, 15) is 18.0 Å². The number of nitrogens with one attached hydrogen (secondary N) is 2. The van der Waals surface area contributed by atoms with E-state index in [2.05, 4.69) is 10.6 Å². The zero-order valence-electron chi connectivity index (χ0n) is 13.9. The van der Waals surface area contributed by atoms with E-state index >= 15 is 0 Å². The molecule has 9 heteroatoms. The van der Waals surface area contributed by atoms with E-state index in [0.29, 0.717) is 17.2 Å². The number of hydrogen-bond donors (Lipinski definition) is 2. The van der Waals surface area contributed by atoms with Gasteiger partial charge in [0.05, 0.1) is 37.0 Å². The van der Waals surface area contributed by atoms with Crippen LogP contribution in [-0.2, 0) is 11.0 Å². The second-order valence-corrected chi connectivity index (χ2v) is 5.57. The summed E-state index contributed by atoms with van der Waals surface area (Å²) in [6.45, 7) is -0.242. The first kappa shape index (κ1) is 19.7. The van der Waals surface area contributed by atoms with Crippen molar-refractivity contribution < 1.29 is 27.4 Å². The highest BCUT2D eigenvalue weighted by Gasteiger charge is 2.33. The van der Waals surface area contributed by atoms with Gasteiger partial charge < -0.3 is 20.1 Å². The fourth-order valence-electron chi connectivity index (χ4n) is 2.13. The number of carbonyl (C=O) groups is 1. The minimum absolute atomic E-state index is 0.124.